The molecule has 10 heteroatoms. The van der Waals surface area contributed by atoms with Gasteiger partial charge in [-0.2, -0.15) is 0 Å². The molecule has 3 rings (SSSR count). The van der Waals surface area contributed by atoms with Crippen LogP contribution in [0, 0.1) is 5.41 Å². The van der Waals surface area contributed by atoms with E-state index in [0.717, 1.165) is 11.1 Å². The van der Waals surface area contributed by atoms with Crippen LogP contribution in [0.4, 0.5) is 0 Å². The molecule has 0 aromatic heterocycles. The maximum absolute atomic E-state index is 12.5. The number of carbonyl (C=O) groups excluding carboxylic acids is 2. The second kappa shape index (κ2) is 11.6. The normalized spacial score (nSPS) is 15.5. The van der Waals surface area contributed by atoms with Gasteiger partial charge in [-0.3, -0.25) is 19.8 Å². The molecule has 6 N–H and O–H groups in total. The fraction of sp³-hybridized carbons (Fsp3) is 0.292. The summed E-state index contributed by atoms with van der Waals surface area (Å²) in [5.74, 6) is -2.29. The number of benzene rings is 2. The van der Waals surface area contributed by atoms with E-state index in [0.29, 0.717) is 30.7 Å². The number of rotatable bonds is 11. The Morgan fingerprint density at radius 3 is 2.50 bits per heavy atom. The van der Waals surface area contributed by atoms with Crippen LogP contribution < -0.4 is 16.4 Å². The van der Waals surface area contributed by atoms with E-state index in [1.165, 1.54) is 0 Å². The van der Waals surface area contributed by atoms with Crippen LogP contribution in [0.25, 0.3) is 0 Å². The van der Waals surface area contributed by atoms with E-state index >= 15 is 0 Å². The number of hydrogen-bond acceptors (Lipinski definition) is 6. The lowest BCUT2D eigenvalue weighted by molar-refractivity contribution is -0.140. The molecule has 0 aliphatic carbocycles. The van der Waals surface area contributed by atoms with Crippen LogP contribution in [0.5, 0.6) is 0 Å². The third kappa shape index (κ3) is 7.16. The highest BCUT2D eigenvalue weighted by molar-refractivity contribution is 6.03. The summed E-state index contributed by atoms with van der Waals surface area (Å²) in [5.41, 5.74) is 8.51. The number of carboxylic acids is 1. The molecule has 0 saturated carbocycles. The predicted octanol–water partition coefficient (Wildman–Crippen LogP) is 1.17. The van der Waals surface area contributed by atoms with E-state index in [-0.39, 0.29) is 12.3 Å². The number of aliphatic carboxylic acids is 1. The standard InChI is InChI=1S/C24H27N5O5/c25-23(26)17-8-6-16(7-9-17)19-12-18(34-29-19)13-21(30)28-20(14-22(31)32)24(33)27-11-10-15-4-2-1-3-5-15/h1-9,18,20H,10-14H2,(H3,25,26)(H,27,33)(H,28,30)(H,31,32). The van der Waals surface area contributed by atoms with E-state index < -0.39 is 36.4 Å². The van der Waals surface area contributed by atoms with E-state index in [1.807, 2.05) is 30.3 Å². The molecule has 2 amide bonds. The Balaban J connectivity index is 1.49. The highest BCUT2D eigenvalue weighted by Crippen LogP contribution is 2.19. The number of amidine groups is 1. The molecule has 1 aliphatic rings. The summed E-state index contributed by atoms with van der Waals surface area (Å²) in [6, 6.07) is 15.3. The maximum Gasteiger partial charge on any atom is 0.305 e. The number of nitrogen functional groups attached to an aromatic ring is 1. The number of nitrogens with one attached hydrogen (secondary N) is 3. The van der Waals surface area contributed by atoms with Crippen molar-refractivity contribution in [1.29, 1.82) is 5.41 Å². The number of oxime groups is 1. The minimum Gasteiger partial charge on any atom is -0.481 e. The van der Waals surface area contributed by atoms with Gasteiger partial charge in [0.25, 0.3) is 0 Å². The average Bonchev–Trinajstić information content (AvgIpc) is 3.27. The van der Waals surface area contributed by atoms with Crippen molar-refractivity contribution in [3.8, 4) is 0 Å². The molecule has 178 valence electrons. The smallest absolute Gasteiger partial charge is 0.305 e. The van der Waals surface area contributed by atoms with Crippen LogP contribution in [0.15, 0.2) is 59.8 Å². The van der Waals surface area contributed by atoms with Crippen LogP contribution in [-0.4, -0.2) is 53.1 Å². The summed E-state index contributed by atoms with van der Waals surface area (Å²) in [4.78, 5) is 41.5. The number of nitrogens with zero attached hydrogens (tertiary/aromatic N) is 1. The summed E-state index contributed by atoms with van der Waals surface area (Å²) < 4.78 is 0. The van der Waals surface area contributed by atoms with Crippen molar-refractivity contribution in [1.82, 2.24) is 10.6 Å². The molecule has 2 aromatic rings. The Morgan fingerprint density at radius 1 is 1.15 bits per heavy atom. The third-order valence-corrected chi connectivity index (χ3v) is 5.26. The zero-order valence-corrected chi connectivity index (χ0v) is 18.5. The zero-order valence-electron chi connectivity index (χ0n) is 18.5. The summed E-state index contributed by atoms with van der Waals surface area (Å²) in [5, 5.41) is 25.8. The lowest BCUT2D eigenvalue weighted by Crippen LogP contribution is -2.48. The van der Waals surface area contributed by atoms with Crippen LogP contribution in [0.2, 0.25) is 0 Å². The number of carboxylic acid groups (broad SMARTS) is 1. The largest absolute Gasteiger partial charge is 0.481 e. The molecular formula is C24H27N5O5. The van der Waals surface area contributed by atoms with E-state index in [2.05, 4.69) is 15.8 Å². The first kappa shape index (κ1) is 24.4. The highest BCUT2D eigenvalue weighted by atomic mass is 16.6. The van der Waals surface area contributed by atoms with Crippen LogP contribution in [0.1, 0.15) is 36.0 Å². The molecule has 2 aromatic carbocycles. The highest BCUT2D eigenvalue weighted by Gasteiger charge is 2.28. The quantitative estimate of drug-likeness (QED) is 0.247. The summed E-state index contributed by atoms with van der Waals surface area (Å²) in [6.45, 7) is 0.320. The van der Waals surface area contributed by atoms with Crippen LogP contribution in [0.3, 0.4) is 0 Å². The molecule has 0 fully saturated rings. The van der Waals surface area contributed by atoms with Gasteiger partial charge in [-0.25, -0.2) is 0 Å². The van der Waals surface area contributed by atoms with Crippen molar-refractivity contribution in [3.05, 3.63) is 71.3 Å². The molecule has 2 atom stereocenters. The van der Waals surface area contributed by atoms with Gasteiger partial charge in [-0.15, -0.1) is 0 Å². The minimum atomic E-state index is -1.19. The van der Waals surface area contributed by atoms with Gasteiger partial charge in [0.2, 0.25) is 11.8 Å². The molecule has 1 heterocycles. The lowest BCUT2D eigenvalue weighted by Gasteiger charge is -2.18. The lowest BCUT2D eigenvalue weighted by atomic mass is 10.0. The number of amides is 2. The van der Waals surface area contributed by atoms with Crippen molar-refractivity contribution >= 4 is 29.3 Å². The van der Waals surface area contributed by atoms with Crippen molar-refractivity contribution in [2.24, 2.45) is 10.9 Å². The number of carbonyl (C=O) groups is 3. The number of nitrogens with two attached hydrogens (primary N) is 1. The van der Waals surface area contributed by atoms with Crippen molar-refractivity contribution in [3.63, 3.8) is 0 Å². The van der Waals surface area contributed by atoms with Gasteiger partial charge in [0.1, 0.15) is 18.0 Å². The van der Waals surface area contributed by atoms with E-state index in [4.69, 9.17) is 21.1 Å². The SMILES string of the molecule is N=C(N)c1ccc(C2=NOC(CC(=O)NC(CC(=O)O)C(=O)NCCc3ccccc3)C2)cc1. The Hall–Kier alpha value is -4.21. The molecule has 0 bridgehead atoms. The monoisotopic (exact) mass is 465 g/mol. The van der Waals surface area contributed by atoms with Crippen molar-refractivity contribution < 1.29 is 24.3 Å². The van der Waals surface area contributed by atoms with Gasteiger partial charge in [0.05, 0.1) is 18.6 Å². The molecule has 0 saturated heterocycles. The second-order valence-electron chi connectivity index (χ2n) is 7.91. The minimum absolute atomic E-state index is 0.0364. The van der Waals surface area contributed by atoms with Gasteiger partial charge < -0.3 is 26.3 Å². The van der Waals surface area contributed by atoms with E-state index in [1.54, 1.807) is 24.3 Å². The van der Waals surface area contributed by atoms with Gasteiger partial charge in [-0.05, 0) is 17.5 Å². The zero-order chi connectivity index (χ0) is 24.5. The Bertz CT molecular complexity index is 1070. The van der Waals surface area contributed by atoms with Crippen LogP contribution in [-0.2, 0) is 25.6 Å². The first-order chi connectivity index (χ1) is 16.3. The molecule has 2 unspecified atom stereocenters. The molecule has 0 spiro atoms. The van der Waals surface area contributed by atoms with Gasteiger partial charge >= 0.3 is 5.97 Å². The van der Waals surface area contributed by atoms with Gasteiger partial charge in [0, 0.05) is 18.5 Å². The summed E-state index contributed by atoms with van der Waals surface area (Å²) in [7, 11) is 0. The van der Waals surface area contributed by atoms with Crippen molar-refractivity contribution in [2.45, 2.75) is 37.8 Å². The second-order valence-corrected chi connectivity index (χ2v) is 7.91. The van der Waals surface area contributed by atoms with Crippen molar-refractivity contribution in [2.75, 3.05) is 6.54 Å². The van der Waals surface area contributed by atoms with Gasteiger partial charge in [-0.1, -0.05) is 59.8 Å². The average molecular weight is 466 g/mol. The molecule has 0 radical (unpaired) electrons. The summed E-state index contributed by atoms with van der Waals surface area (Å²) >= 11 is 0. The molecule has 34 heavy (non-hydrogen) atoms. The number of hydrogen-bond donors (Lipinski definition) is 5. The Labute approximate surface area is 196 Å². The molecule has 10 nitrogen and oxygen atoms in total. The topological polar surface area (TPSA) is 167 Å². The van der Waals surface area contributed by atoms with Crippen LogP contribution >= 0.6 is 0 Å². The fourth-order valence-electron chi connectivity index (χ4n) is 3.49. The summed E-state index contributed by atoms with van der Waals surface area (Å²) in [6.07, 6.45) is -0.178. The first-order valence-corrected chi connectivity index (χ1v) is 10.8. The predicted molar refractivity (Wildman–Crippen MR) is 125 cm³/mol. The van der Waals surface area contributed by atoms with Gasteiger partial charge in [0.15, 0.2) is 0 Å². The molecular weight excluding hydrogens is 438 g/mol. The third-order valence-electron chi connectivity index (χ3n) is 5.26. The maximum atomic E-state index is 12.5. The van der Waals surface area contributed by atoms with E-state index in [9.17, 15) is 14.4 Å². The Kier molecular flexibility index (Phi) is 8.33. The Morgan fingerprint density at radius 2 is 1.85 bits per heavy atom. The molecule has 1 aliphatic heterocycles. The first-order valence-electron chi connectivity index (χ1n) is 10.8. The fourth-order valence-corrected chi connectivity index (χ4v) is 3.49.